The number of thiocarbonyl (C=S) groups is 1. The van der Waals surface area contributed by atoms with Crippen LogP contribution in [0.2, 0.25) is 10.0 Å². The fourth-order valence-electron chi connectivity index (χ4n) is 2.74. The number of nitrogens with zero attached hydrogens (tertiary/aromatic N) is 1. The van der Waals surface area contributed by atoms with Crippen LogP contribution in [-0.2, 0) is 16.0 Å². The molecule has 2 rings (SSSR count). The van der Waals surface area contributed by atoms with E-state index in [0.717, 1.165) is 12.0 Å². The summed E-state index contributed by atoms with van der Waals surface area (Å²) in [5.41, 5.74) is 6.41. The third kappa shape index (κ3) is 9.55. The Labute approximate surface area is 197 Å². The van der Waals surface area contributed by atoms with E-state index in [9.17, 15) is 9.59 Å². The molecule has 31 heavy (non-hydrogen) atoms. The summed E-state index contributed by atoms with van der Waals surface area (Å²) in [5.74, 6) is -0.128. The zero-order chi connectivity index (χ0) is 22.6. The second-order valence-electron chi connectivity index (χ2n) is 6.82. The number of hydrogen-bond acceptors (Lipinski definition) is 4. The summed E-state index contributed by atoms with van der Waals surface area (Å²) in [7, 11) is 0. The molecule has 0 saturated carbocycles. The first-order valence-corrected chi connectivity index (χ1v) is 11.0. The van der Waals surface area contributed by atoms with Crippen LogP contribution in [0.25, 0.3) is 0 Å². The SMILES string of the molecule is NC(=O)CCN(CCc1ccccc1)C(=S)NC(=O)CCCOc1ccc(Cl)cc1Cl. The van der Waals surface area contributed by atoms with Gasteiger partial charge in [0, 0.05) is 31.0 Å². The summed E-state index contributed by atoms with van der Waals surface area (Å²) in [4.78, 5) is 25.3. The molecule has 166 valence electrons. The minimum atomic E-state index is -0.420. The molecule has 0 fully saturated rings. The highest BCUT2D eigenvalue weighted by molar-refractivity contribution is 7.80. The Balaban J connectivity index is 1.78. The maximum Gasteiger partial charge on any atom is 0.226 e. The van der Waals surface area contributed by atoms with Crippen molar-refractivity contribution in [1.82, 2.24) is 10.2 Å². The molecular formula is C22H25Cl2N3O3S. The molecular weight excluding hydrogens is 457 g/mol. The summed E-state index contributed by atoms with van der Waals surface area (Å²) in [6.07, 6.45) is 1.60. The molecule has 0 aliphatic rings. The number of benzene rings is 2. The first kappa shape index (κ1) is 24.9. The van der Waals surface area contributed by atoms with Gasteiger partial charge in [-0.3, -0.25) is 9.59 Å². The molecule has 0 aromatic heterocycles. The number of nitrogens with two attached hydrogens (primary N) is 1. The molecule has 0 unspecified atom stereocenters. The number of carbonyl (C=O) groups is 2. The number of primary amides is 1. The largest absolute Gasteiger partial charge is 0.492 e. The fourth-order valence-corrected chi connectivity index (χ4v) is 3.50. The van der Waals surface area contributed by atoms with Gasteiger partial charge >= 0.3 is 0 Å². The van der Waals surface area contributed by atoms with E-state index >= 15 is 0 Å². The third-order valence-electron chi connectivity index (χ3n) is 4.37. The molecule has 9 heteroatoms. The van der Waals surface area contributed by atoms with Crippen LogP contribution >= 0.6 is 35.4 Å². The van der Waals surface area contributed by atoms with Crippen LogP contribution in [0.3, 0.4) is 0 Å². The van der Waals surface area contributed by atoms with Crippen LogP contribution < -0.4 is 15.8 Å². The van der Waals surface area contributed by atoms with Gasteiger partial charge in [0.1, 0.15) is 5.75 Å². The average Bonchev–Trinajstić information content (AvgIpc) is 2.73. The van der Waals surface area contributed by atoms with Crippen molar-refractivity contribution in [2.75, 3.05) is 19.7 Å². The summed E-state index contributed by atoms with van der Waals surface area (Å²) in [6.45, 7) is 1.23. The quantitative estimate of drug-likeness (QED) is 0.374. The normalized spacial score (nSPS) is 10.4. The highest BCUT2D eigenvalue weighted by atomic mass is 35.5. The van der Waals surface area contributed by atoms with Crippen LogP contribution in [-0.4, -0.2) is 41.5 Å². The highest BCUT2D eigenvalue weighted by Gasteiger charge is 2.14. The van der Waals surface area contributed by atoms with E-state index in [0.29, 0.717) is 41.9 Å². The number of rotatable bonds is 11. The Bertz CT molecular complexity index is 897. The minimum Gasteiger partial charge on any atom is -0.492 e. The van der Waals surface area contributed by atoms with Crippen molar-refractivity contribution < 1.29 is 14.3 Å². The Morgan fingerprint density at radius 1 is 1.06 bits per heavy atom. The molecule has 2 amide bonds. The molecule has 0 bridgehead atoms. The van der Waals surface area contributed by atoms with Crippen LogP contribution in [0.15, 0.2) is 48.5 Å². The van der Waals surface area contributed by atoms with Gasteiger partial charge in [-0.1, -0.05) is 53.5 Å². The molecule has 6 nitrogen and oxygen atoms in total. The van der Waals surface area contributed by atoms with E-state index in [1.165, 1.54) is 0 Å². The predicted octanol–water partition coefficient (Wildman–Crippen LogP) is 3.97. The van der Waals surface area contributed by atoms with Crippen LogP contribution in [0.1, 0.15) is 24.8 Å². The Hall–Kier alpha value is -2.35. The summed E-state index contributed by atoms with van der Waals surface area (Å²) in [6, 6.07) is 14.9. The van der Waals surface area contributed by atoms with Gasteiger partial charge in [-0.25, -0.2) is 0 Å². The van der Waals surface area contributed by atoms with Gasteiger partial charge in [-0.2, -0.15) is 0 Å². The number of nitrogens with one attached hydrogen (secondary N) is 1. The second-order valence-corrected chi connectivity index (χ2v) is 8.05. The van der Waals surface area contributed by atoms with Crippen molar-refractivity contribution in [3.63, 3.8) is 0 Å². The molecule has 0 aliphatic carbocycles. The van der Waals surface area contributed by atoms with Crippen molar-refractivity contribution in [2.45, 2.75) is 25.7 Å². The fraction of sp³-hybridized carbons (Fsp3) is 0.318. The molecule has 0 aliphatic heterocycles. The number of halogens is 2. The lowest BCUT2D eigenvalue weighted by molar-refractivity contribution is -0.120. The summed E-state index contributed by atoms with van der Waals surface area (Å²) in [5, 5.41) is 3.95. The Kier molecular flexibility index (Phi) is 10.6. The number of carbonyl (C=O) groups excluding carboxylic acids is 2. The van der Waals surface area contributed by atoms with Crippen LogP contribution in [0, 0.1) is 0 Å². The molecule has 0 atom stereocenters. The van der Waals surface area contributed by atoms with Gasteiger partial charge in [0.25, 0.3) is 0 Å². The van der Waals surface area contributed by atoms with E-state index in [1.807, 2.05) is 30.3 Å². The van der Waals surface area contributed by atoms with Gasteiger partial charge in [0.05, 0.1) is 11.6 Å². The number of hydrogen-bond donors (Lipinski definition) is 2. The first-order valence-electron chi connectivity index (χ1n) is 9.84. The van der Waals surface area contributed by atoms with E-state index in [1.54, 1.807) is 23.1 Å². The molecule has 0 heterocycles. The number of amides is 2. The maximum absolute atomic E-state index is 12.3. The molecule has 2 aromatic rings. The lowest BCUT2D eigenvalue weighted by Crippen LogP contribution is -2.44. The van der Waals surface area contributed by atoms with Gasteiger partial charge in [0.2, 0.25) is 11.8 Å². The summed E-state index contributed by atoms with van der Waals surface area (Å²) < 4.78 is 5.58. The molecule has 0 radical (unpaired) electrons. The summed E-state index contributed by atoms with van der Waals surface area (Å²) >= 11 is 17.3. The average molecular weight is 482 g/mol. The Morgan fingerprint density at radius 2 is 1.81 bits per heavy atom. The molecule has 3 N–H and O–H groups in total. The van der Waals surface area contributed by atoms with Gasteiger partial charge in [0.15, 0.2) is 5.11 Å². The van der Waals surface area contributed by atoms with Gasteiger partial charge in [-0.05, 0) is 48.8 Å². The highest BCUT2D eigenvalue weighted by Crippen LogP contribution is 2.27. The van der Waals surface area contributed by atoms with Crippen molar-refractivity contribution in [3.8, 4) is 5.75 Å². The smallest absolute Gasteiger partial charge is 0.226 e. The monoisotopic (exact) mass is 481 g/mol. The number of ether oxygens (including phenoxy) is 1. The van der Waals surface area contributed by atoms with Crippen LogP contribution in [0.5, 0.6) is 5.75 Å². The maximum atomic E-state index is 12.3. The third-order valence-corrected chi connectivity index (χ3v) is 5.27. The molecule has 0 saturated heterocycles. The lowest BCUT2D eigenvalue weighted by Gasteiger charge is -2.25. The Morgan fingerprint density at radius 3 is 2.48 bits per heavy atom. The standard InChI is InChI=1S/C22H25Cl2N3O3S/c23-17-8-9-19(18(24)15-17)30-14-4-7-21(29)26-22(31)27(13-11-20(25)28)12-10-16-5-2-1-3-6-16/h1-3,5-6,8-9,15H,4,7,10-14H2,(H2,25,28)(H,26,29,31). The van der Waals surface area contributed by atoms with Crippen molar-refractivity contribution in [1.29, 1.82) is 0 Å². The van der Waals surface area contributed by atoms with Crippen molar-refractivity contribution in [3.05, 3.63) is 64.1 Å². The van der Waals surface area contributed by atoms with Gasteiger partial charge in [-0.15, -0.1) is 0 Å². The van der Waals surface area contributed by atoms with Crippen molar-refractivity contribution >= 4 is 52.3 Å². The topological polar surface area (TPSA) is 84.7 Å². The van der Waals surface area contributed by atoms with Crippen molar-refractivity contribution in [2.24, 2.45) is 5.73 Å². The van der Waals surface area contributed by atoms with E-state index in [4.69, 9.17) is 45.9 Å². The lowest BCUT2D eigenvalue weighted by atomic mass is 10.1. The van der Waals surface area contributed by atoms with E-state index in [2.05, 4.69) is 5.32 Å². The second kappa shape index (κ2) is 13.1. The predicted molar refractivity (Wildman–Crippen MR) is 127 cm³/mol. The zero-order valence-electron chi connectivity index (χ0n) is 17.0. The van der Waals surface area contributed by atoms with E-state index in [-0.39, 0.29) is 23.9 Å². The molecule has 0 spiro atoms. The molecule has 2 aromatic carbocycles. The van der Waals surface area contributed by atoms with Crippen LogP contribution in [0.4, 0.5) is 0 Å². The minimum absolute atomic E-state index is 0.153. The van der Waals surface area contributed by atoms with Gasteiger partial charge < -0.3 is 20.7 Å². The van der Waals surface area contributed by atoms with E-state index < -0.39 is 5.91 Å². The zero-order valence-corrected chi connectivity index (χ0v) is 19.3. The first-order chi connectivity index (χ1) is 14.8.